The van der Waals surface area contributed by atoms with Gasteiger partial charge < -0.3 is 14.8 Å². The van der Waals surface area contributed by atoms with E-state index in [0.29, 0.717) is 35.8 Å². The Morgan fingerprint density at radius 1 is 1.05 bits per heavy atom. The summed E-state index contributed by atoms with van der Waals surface area (Å²) in [6.45, 7) is 2.64. The van der Waals surface area contributed by atoms with Gasteiger partial charge in [0.25, 0.3) is 5.91 Å². The lowest BCUT2D eigenvalue weighted by atomic mass is 10.1. The summed E-state index contributed by atoms with van der Waals surface area (Å²) in [5.74, 6) is -1.33. The van der Waals surface area contributed by atoms with E-state index in [9.17, 15) is 13.6 Å². The fraction of sp³-hybridized carbons (Fsp3) is 0.188. The molecule has 1 aliphatic rings. The average molecular weight is 305 g/mol. The molecule has 0 unspecified atom stereocenters. The van der Waals surface area contributed by atoms with E-state index in [1.807, 2.05) is 0 Å². The monoisotopic (exact) mass is 305 g/mol. The molecule has 0 bridgehead atoms. The van der Waals surface area contributed by atoms with Crippen LogP contribution in [-0.4, -0.2) is 19.1 Å². The molecule has 0 aromatic heterocycles. The van der Waals surface area contributed by atoms with E-state index in [2.05, 4.69) is 5.32 Å². The Labute approximate surface area is 125 Å². The zero-order chi connectivity index (χ0) is 15.7. The van der Waals surface area contributed by atoms with Gasteiger partial charge in [0.1, 0.15) is 13.2 Å². The smallest absolute Gasteiger partial charge is 0.256 e. The second-order valence-electron chi connectivity index (χ2n) is 4.89. The van der Waals surface area contributed by atoms with Crippen molar-refractivity contribution in [2.45, 2.75) is 6.92 Å². The Balaban J connectivity index is 1.87. The SMILES string of the molecule is Cc1cc2c(cc1C(=O)Nc1ccc(F)c(F)c1)OCCO2. The second kappa shape index (κ2) is 5.63. The molecule has 0 aliphatic carbocycles. The summed E-state index contributed by atoms with van der Waals surface area (Å²) < 4.78 is 36.9. The standard InChI is InChI=1S/C16H13F2NO3/c1-9-6-14-15(22-5-4-21-14)8-11(9)16(20)19-10-2-3-12(17)13(18)7-10/h2-3,6-8H,4-5H2,1H3,(H,19,20). The number of aryl methyl sites for hydroxylation is 1. The number of hydrogen-bond donors (Lipinski definition) is 1. The third kappa shape index (κ3) is 2.72. The molecule has 114 valence electrons. The van der Waals surface area contributed by atoms with Gasteiger partial charge in [-0.25, -0.2) is 8.78 Å². The number of amides is 1. The normalized spacial score (nSPS) is 12.9. The van der Waals surface area contributed by atoms with Crippen LogP contribution >= 0.6 is 0 Å². The van der Waals surface area contributed by atoms with Crippen LogP contribution in [0.15, 0.2) is 30.3 Å². The average Bonchev–Trinajstić information content (AvgIpc) is 2.50. The highest BCUT2D eigenvalue weighted by Crippen LogP contribution is 2.33. The molecule has 6 heteroatoms. The van der Waals surface area contributed by atoms with Crippen molar-refractivity contribution >= 4 is 11.6 Å². The summed E-state index contributed by atoms with van der Waals surface area (Å²) >= 11 is 0. The van der Waals surface area contributed by atoms with Crippen molar-refractivity contribution in [1.29, 1.82) is 0 Å². The van der Waals surface area contributed by atoms with Gasteiger partial charge in [0, 0.05) is 17.3 Å². The minimum Gasteiger partial charge on any atom is -0.486 e. The molecular formula is C16H13F2NO3. The quantitative estimate of drug-likeness (QED) is 0.926. The van der Waals surface area contributed by atoms with Crippen LogP contribution in [0.2, 0.25) is 0 Å². The van der Waals surface area contributed by atoms with Crippen LogP contribution in [-0.2, 0) is 0 Å². The molecule has 22 heavy (non-hydrogen) atoms. The van der Waals surface area contributed by atoms with Gasteiger partial charge >= 0.3 is 0 Å². The fourth-order valence-corrected chi connectivity index (χ4v) is 2.21. The van der Waals surface area contributed by atoms with Crippen molar-refractivity contribution < 1.29 is 23.0 Å². The van der Waals surface area contributed by atoms with Gasteiger partial charge in [-0.3, -0.25) is 4.79 Å². The first-order chi connectivity index (χ1) is 10.5. The largest absolute Gasteiger partial charge is 0.486 e. The lowest BCUT2D eigenvalue weighted by Crippen LogP contribution is -2.18. The van der Waals surface area contributed by atoms with Crippen molar-refractivity contribution in [3.05, 3.63) is 53.1 Å². The van der Waals surface area contributed by atoms with Gasteiger partial charge in [-0.05, 0) is 36.8 Å². The lowest BCUT2D eigenvalue weighted by Gasteiger charge is -2.20. The van der Waals surface area contributed by atoms with E-state index >= 15 is 0 Å². The Kier molecular flexibility index (Phi) is 3.66. The molecule has 0 saturated heterocycles. The van der Waals surface area contributed by atoms with Gasteiger partial charge in [-0.2, -0.15) is 0 Å². The van der Waals surface area contributed by atoms with E-state index in [0.717, 1.165) is 12.1 Å². The fourth-order valence-electron chi connectivity index (χ4n) is 2.21. The number of carbonyl (C=O) groups is 1. The van der Waals surface area contributed by atoms with Crippen molar-refractivity contribution in [2.24, 2.45) is 0 Å². The number of hydrogen-bond acceptors (Lipinski definition) is 3. The molecule has 0 spiro atoms. The van der Waals surface area contributed by atoms with Crippen molar-refractivity contribution in [3.8, 4) is 11.5 Å². The van der Waals surface area contributed by atoms with Gasteiger partial charge in [0.15, 0.2) is 23.1 Å². The molecule has 0 fully saturated rings. The van der Waals surface area contributed by atoms with Gasteiger partial charge in [0.2, 0.25) is 0 Å². The number of halogens is 2. The molecule has 2 aromatic carbocycles. The number of ether oxygens (including phenoxy) is 2. The minimum absolute atomic E-state index is 0.179. The van der Waals surface area contributed by atoms with E-state index in [-0.39, 0.29) is 5.69 Å². The maximum Gasteiger partial charge on any atom is 0.256 e. The van der Waals surface area contributed by atoms with E-state index in [1.54, 1.807) is 19.1 Å². The Hall–Kier alpha value is -2.63. The molecule has 0 atom stereocenters. The third-order valence-corrected chi connectivity index (χ3v) is 3.31. The highest BCUT2D eigenvalue weighted by molar-refractivity contribution is 6.05. The van der Waals surface area contributed by atoms with Crippen LogP contribution < -0.4 is 14.8 Å². The van der Waals surface area contributed by atoms with Crippen LogP contribution in [0.4, 0.5) is 14.5 Å². The molecular weight excluding hydrogens is 292 g/mol. The predicted octanol–water partition coefficient (Wildman–Crippen LogP) is 3.30. The summed E-state index contributed by atoms with van der Waals surface area (Å²) in [6, 6.07) is 6.49. The van der Waals surface area contributed by atoms with E-state index in [1.165, 1.54) is 6.07 Å². The molecule has 1 amide bonds. The molecule has 3 rings (SSSR count). The first-order valence-electron chi connectivity index (χ1n) is 6.71. The molecule has 0 radical (unpaired) electrons. The Morgan fingerprint density at radius 3 is 2.41 bits per heavy atom. The topological polar surface area (TPSA) is 47.6 Å². The summed E-state index contributed by atoms with van der Waals surface area (Å²) in [4.78, 5) is 12.3. The van der Waals surface area contributed by atoms with Gasteiger partial charge in [0.05, 0.1) is 0 Å². The Morgan fingerprint density at radius 2 is 1.73 bits per heavy atom. The molecule has 1 aliphatic heterocycles. The zero-order valence-corrected chi connectivity index (χ0v) is 11.8. The summed E-state index contributed by atoms with van der Waals surface area (Å²) in [5, 5.41) is 2.53. The predicted molar refractivity (Wildman–Crippen MR) is 76.5 cm³/mol. The number of fused-ring (bicyclic) bond motifs is 1. The number of benzene rings is 2. The maximum absolute atomic E-state index is 13.2. The van der Waals surface area contributed by atoms with Crippen LogP contribution in [0.25, 0.3) is 0 Å². The summed E-state index contributed by atoms with van der Waals surface area (Å²) in [7, 11) is 0. The number of rotatable bonds is 2. The summed E-state index contributed by atoms with van der Waals surface area (Å²) in [6.07, 6.45) is 0. The zero-order valence-electron chi connectivity index (χ0n) is 11.8. The maximum atomic E-state index is 13.2. The van der Waals surface area contributed by atoms with Crippen LogP contribution in [0.5, 0.6) is 11.5 Å². The molecule has 1 N–H and O–H groups in total. The second-order valence-corrected chi connectivity index (χ2v) is 4.89. The summed E-state index contributed by atoms with van der Waals surface area (Å²) in [5.41, 5.74) is 1.26. The van der Waals surface area contributed by atoms with Crippen LogP contribution in [0.3, 0.4) is 0 Å². The van der Waals surface area contributed by atoms with Gasteiger partial charge in [-0.1, -0.05) is 0 Å². The minimum atomic E-state index is -1.02. The number of nitrogens with one attached hydrogen (secondary N) is 1. The van der Waals surface area contributed by atoms with Crippen molar-refractivity contribution in [3.63, 3.8) is 0 Å². The van der Waals surface area contributed by atoms with Gasteiger partial charge in [-0.15, -0.1) is 0 Å². The third-order valence-electron chi connectivity index (χ3n) is 3.31. The highest BCUT2D eigenvalue weighted by atomic mass is 19.2. The van der Waals surface area contributed by atoms with Crippen LogP contribution in [0.1, 0.15) is 15.9 Å². The molecule has 0 saturated carbocycles. The molecule has 2 aromatic rings. The lowest BCUT2D eigenvalue weighted by molar-refractivity contribution is 0.102. The number of carbonyl (C=O) groups excluding carboxylic acids is 1. The highest BCUT2D eigenvalue weighted by Gasteiger charge is 2.18. The molecule has 1 heterocycles. The van der Waals surface area contributed by atoms with Crippen molar-refractivity contribution in [1.82, 2.24) is 0 Å². The first kappa shape index (κ1) is 14.3. The van der Waals surface area contributed by atoms with E-state index < -0.39 is 17.5 Å². The van der Waals surface area contributed by atoms with Crippen LogP contribution in [0, 0.1) is 18.6 Å². The Bertz CT molecular complexity index is 746. The molecule has 4 nitrogen and oxygen atoms in total. The first-order valence-corrected chi connectivity index (χ1v) is 6.71. The van der Waals surface area contributed by atoms with E-state index in [4.69, 9.17) is 9.47 Å². The van der Waals surface area contributed by atoms with Crippen molar-refractivity contribution in [2.75, 3.05) is 18.5 Å². The number of anilines is 1.